The fourth-order valence-corrected chi connectivity index (χ4v) is 4.93. The molecule has 0 radical (unpaired) electrons. The van der Waals surface area contributed by atoms with Crippen molar-refractivity contribution in [2.45, 2.75) is 27.2 Å². The summed E-state index contributed by atoms with van der Waals surface area (Å²) in [6, 6.07) is 9.57. The molecule has 1 aromatic carbocycles. The van der Waals surface area contributed by atoms with Crippen molar-refractivity contribution in [3.05, 3.63) is 64.5 Å². The van der Waals surface area contributed by atoms with Crippen molar-refractivity contribution in [3.63, 3.8) is 0 Å². The molecular formula is C25H32N4O2. The number of rotatable bonds is 6. The number of aryl methyl sites for hydroxylation is 3. The monoisotopic (exact) mass is 420 g/mol. The maximum absolute atomic E-state index is 13.0. The first-order valence-corrected chi connectivity index (χ1v) is 11.2. The summed E-state index contributed by atoms with van der Waals surface area (Å²) < 4.78 is 0. The van der Waals surface area contributed by atoms with E-state index >= 15 is 0 Å². The number of fused-ring (bicyclic) bond motifs is 1. The number of carbonyl (C=O) groups is 2. The molecule has 0 spiro atoms. The van der Waals surface area contributed by atoms with Crippen LogP contribution in [0.15, 0.2) is 36.5 Å². The zero-order valence-electron chi connectivity index (χ0n) is 18.7. The van der Waals surface area contributed by atoms with E-state index in [9.17, 15) is 9.59 Å². The molecule has 31 heavy (non-hydrogen) atoms. The lowest BCUT2D eigenvalue weighted by atomic mass is 10.0. The summed E-state index contributed by atoms with van der Waals surface area (Å²) in [5.74, 6) is 1.21. The molecule has 2 aliphatic rings. The average molecular weight is 421 g/mol. The predicted molar refractivity (Wildman–Crippen MR) is 121 cm³/mol. The van der Waals surface area contributed by atoms with Gasteiger partial charge < -0.3 is 15.1 Å². The van der Waals surface area contributed by atoms with Crippen LogP contribution in [0.4, 0.5) is 0 Å². The Hall–Kier alpha value is -2.73. The topological polar surface area (TPSA) is 65.5 Å². The summed E-state index contributed by atoms with van der Waals surface area (Å²) in [7, 11) is 0. The van der Waals surface area contributed by atoms with Gasteiger partial charge in [0.1, 0.15) is 0 Å². The minimum absolute atomic E-state index is 0.00608. The summed E-state index contributed by atoms with van der Waals surface area (Å²) in [6.45, 7) is 11.3. The third kappa shape index (κ3) is 4.79. The number of nitrogens with zero attached hydrogens (tertiary/aromatic N) is 3. The molecule has 6 nitrogen and oxygen atoms in total. The number of amides is 2. The Labute approximate surface area is 184 Å². The summed E-state index contributed by atoms with van der Waals surface area (Å²) in [6.07, 6.45) is 2.70. The van der Waals surface area contributed by atoms with E-state index < -0.39 is 0 Å². The van der Waals surface area contributed by atoms with Crippen LogP contribution in [0.5, 0.6) is 0 Å². The van der Waals surface area contributed by atoms with Crippen molar-refractivity contribution in [1.29, 1.82) is 0 Å². The van der Waals surface area contributed by atoms with Crippen LogP contribution in [0, 0.1) is 32.6 Å². The SMILES string of the molecule is Cc1ccc(C(=O)NCCCN2CC3CN(C(=O)c4c(C)ccnc4C)CC3C2)cc1. The molecule has 6 heteroatoms. The van der Waals surface area contributed by atoms with Gasteiger partial charge in [-0.05, 0) is 69.3 Å². The highest BCUT2D eigenvalue weighted by atomic mass is 16.2. The third-order valence-corrected chi connectivity index (χ3v) is 6.66. The van der Waals surface area contributed by atoms with Crippen molar-refractivity contribution >= 4 is 11.8 Å². The average Bonchev–Trinajstić information content (AvgIpc) is 3.30. The number of nitrogens with one attached hydrogen (secondary N) is 1. The van der Waals surface area contributed by atoms with Gasteiger partial charge in [-0.25, -0.2) is 0 Å². The van der Waals surface area contributed by atoms with Gasteiger partial charge in [-0.1, -0.05) is 17.7 Å². The molecule has 2 aromatic rings. The summed E-state index contributed by atoms with van der Waals surface area (Å²) in [5, 5.41) is 3.02. The summed E-state index contributed by atoms with van der Waals surface area (Å²) in [4.78, 5) is 34.1. The van der Waals surface area contributed by atoms with Crippen LogP contribution in [0.2, 0.25) is 0 Å². The molecule has 0 bridgehead atoms. The first-order valence-electron chi connectivity index (χ1n) is 11.2. The van der Waals surface area contributed by atoms with Gasteiger partial charge in [0.25, 0.3) is 11.8 Å². The quantitative estimate of drug-likeness (QED) is 0.730. The van der Waals surface area contributed by atoms with E-state index in [-0.39, 0.29) is 11.8 Å². The second kappa shape index (κ2) is 9.18. The Morgan fingerprint density at radius 2 is 1.68 bits per heavy atom. The Morgan fingerprint density at radius 3 is 2.32 bits per heavy atom. The molecule has 2 fully saturated rings. The van der Waals surface area contributed by atoms with Crippen molar-refractivity contribution in [2.75, 3.05) is 39.3 Å². The van der Waals surface area contributed by atoms with Crippen LogP contribution >= 0.6 is 0 Å². The molecule has 1 aromatic heterocycles. The van der Waals surface area contributed by atoms with Gasteiger partial charge in [-0.2, -0.15) is 0 Å². The van der Waals surface area contributed by atoms with E-state index in [0.717, 1.165) is 61.5 Å². The second-order valence-electron chi connectivity index (χ2n) is 9.05. The smallest absolute Gasteiger partial charge is 0.255 e. The molecular weight excluding hydrogens is 388 g/mol. The normalized spacial score (nSPS) is 20.7. The highest BCUT2D eigenvalue weighted by molar-refractivity contribution is 5.96. The molecule has 2 unspecified atom stereocenters. The number of carbonyl (C=O) groups excluding carboxylic acids is 2. The fraction of sp³-hybridized carbons (Fsp3) is 0.480. The predicted octanol–water partition coefficient (Wildman–Crippen LogP) is 2.83. The first-order chi connectivity index (χ1) is 14.9. The van der Waals surface area contributed by atoms with Gasteiger partial charge in [0.05, 0.1) is 11.3 Å². The molecule has 0 saturated carbocycles. The van der Waals surface area contributed by atoms with Crippen molar-refractivity contribution in [3.8, 4) is 0 Å². The molecule has 164 valence electrons. The van der Waals surface area contributed by atoms with Crippen molar-refractivity contribution in [2.24, 2.45) is 11.8 Å². The Bertz CT molecular complexity index is 922. The van der Waals surface area contributed by atoms with Gasteiger partial charge in [0.15, 0.2) is 0 Å². The van der Waals surface area contributed by atoms with Crippen molar-refractivity contribution < 1.29 is 9.59 Å². The van der Waals surface area contributed by atoms with Gasteiger partial charge in [-0.3, -0.25) is 14.6 Å². The Balaban J connectivity index is 1.21. The van der Waals surface area contributed by atoms with E-state index in [4.69, 9.17) is 0 Å². The lowest BCUT2D eigenvalue weighted by molar-refractivity contribution is 0.0772. The molecule has 2 saturated heterocycles. The lowest BCUT2D eigenvalue weighted by Gasteiger charge is -2.22. The molecule has 2 aliphatic heterocycles. The minimum atomic E-state index is -0.00608. The van der Waals surface area contributed by atoms with E-state index in [2.05, 4.69) is 15.2 Å². The zero-order valence-corrected chi connectivity index (χ0v) is 18.7. The van der Waals surface area contributed by atoms with Crippen LogP contribution in [0.25, 0.3) is 0 Å². The molecule has 4 rings (SSSR count). The lowest BCUT2D eigenvalue weighted by Crippen LogP contribution is -2.35. The van der Waals surface area contributed by atoms with Crippen LogP contribution in [0.3, 0.4) is 0 Å². The maximum Gasteiger partial charge on any atom is 0.255 e. The molecule has 3 heterocycles. The zero-order chi connectivity index (χ0) is 22.0. The van der Waals surface area contributed by atoms with Crippen LogP contribution in [0.1, 0.15) is 44.0 Å². The van der Waals surface area contributed by atoms with Crippen LogP contribution in [-0.4, -0.2) is 65.9 Å². The van der Waals surface area contributed by atoms with Gasteiger partial charge >= 0.3 is 0 Å². The molecule has 2 atom stereocenters. The maximum atomic E-state index is 13.0. The fourth-order valence-electron chi connectivity index (χ4n) is 4.93. The number of hydrogen-bond donors (Lipinski definition) is 1. The first kappa shape index (κ1) is 21.5. The van der Waals surface area contributed by atoms with E-state index in [1.165, 1.54) is 0 Å². The van der Waals surface area contributed by atoms with Gasteiger partial charge in [0, 0.05) is 44.5 Å². The molecule has 2 amide bonds. The molecule has 1 N–H and O–H groups in total. The summed E-state index contributed by atoms with van der Waals surface area (Å²) in [5.41, 5.74) is 4.45. The second-order valence-corrected chi connectivity index (χ2v) is 9.05. The number of aromatic nitrogens is 1. The summed E-state index contributed by atoms with van der Waals surface area (Å²) >= 11 is 0. The number of benzene rings is 1. The highest BCUT2D eigenvalue weighted by Crippen LogP contribution is 2.32. The van der Waals surface area contributed by atoms with Gasteiger partial charge in [-0.15, -0.1) is 0 Å². The number of hydrogen-bond acceptors (Lipinski definition) is 4. The standard InChI is InChI=1S/C25H32N4O2/c1-17-5-7-20(8-6-17)24(30)27-10-4-12-28-13-21-15-29(16-22(21)14-28)25(31)23-18(2)9-11-26-19(23)3/h5-9,11,21-22H,4,10,12-16H2,1-3H3,(H,27,30). The molecule has 0 aliphatic carbocycles. The largest absolute Gasteiger partial charge is 0.352 e. The van der Waals surface area contributed by atoms with Crippen LogP contribution < -0.4 is 5.32 Å². The minimum Gasteiger partial charge on any atom is -0.352 e. The van der Waals surface area contributed by atoms with E-state index in [1.54, 1.807) is 6.20 Å². The Morgan fingerprint density at radius 1 is 1.00 bits per heavy atom. The number of likely N-dealkylation sites (tertiary alicyclic amines) is 2. The third-order valence-electron chi connectivity index (χ3n) is 6.66. The van der Waals surface area contributed by atoms with E-state index in [0.29, 0.717) is 23.9 Å². The van der Waals surface area contributed by atoms with Gasteiger partial charge in [0.2, 0.25) is 0 Å². The number of pyridine rings is 1. The van der Waals surface area contributed by atoms with E-state index in [1.807, 2.05) is 56.0 Å². The Kier molecular flexibility index (Phi) is 6.37. The van der Waals surface area contributed by atoms with Crippen LogP contribution in [-0.2, 0) is 0 Å². The van der Waals surface area contributed by atoms with Crippen molar-refractivity contribution in [1.82, 2.24) is 20.1 Å². The highest BCUT2D eigenvalue weighted by Gasteiger charge is 2.41.